The van der Waals surface area contributed by atoms with Crippen LogP contribution in [0.1, 0.15) is 70.9 Å². The first kappa shape index (κ1) is 35.4. The minimum absolute atomic E-state index is 0.0279. The van der Waals surface area contributed by atoms with Crippen LogP contribution in [-0.4, -0.2) is 109 Å². The van der Waals surface area contributed by atoms with Gasteiger partial charge in [-0.2, -0.15) is 13.2 Å². The second kappa shape index (κ2) is 15.5. The maximum atomic E-state index is 14.5. The van der Waals surface area contributed by atoms with Crippen LogP contribution in [0.25, 0.3) is 11.4 Å². The molecule has 0 amide bonds. The van der Waals surface area contributed by atoms with Crippen LogP contribution in [0.5, 0.6) is 0 Å². The molecule has 6 heterocycles. The van der Waals surface area contributed by atoms with Gasteiger partial charge in [-0.1, -0.05) is 10.4 Å². The molecule has 14 nitrogen and oxygen atoms in total. The van der Waals surface area contributed by atoms with Gasteiger partial charge in [0.2, 0.25) is 0 Å². The SMILES string of the molecule is CCOC(=O)c1cn(-c2cnc(C3CCN(CC(F)(F)F)C3)c(F)c2)nn1.CCOC(=O)c1cn(-c2cnc(C3CCNC3)c(F)c2)nn1. The second-order valence-electron chi connectivity index (χ2n) is 11.2. The summed E-state index contributed by atoms with van der Waals surface area (Å²) in [5, 5.41) is 18.1. The molecule has 1 N–H and O–H groups in total. The Balaban J connectivity index is 0.000000195. The average molecular weight is 693 g/mol. The summed E-state index contributed by atoms with van der Waals surface area (Å²) in [5.74, 6) is -2.54. The van der Waals surface area contributed by atoms with Crippen LogP contribution >= 0.6 is 0 Å². The fourth-order valence-corrected chi connectivity index (χ4v) is 5.45. The van der Waals surface area contributed by atoms with Crippen molar-refractivity contribution in [3.8, 4) is 11.4 Å². The van der Waals surface area contributed by atoms with Crippen LogP contribution in [0.4, 0.5) is 22.0 Å². The number of hydrogen-bond acceptors (Lipinski definition) is 12. The van der Waals surface area contributed by atoms with Crippen molar-refractivity contribution in [2.24, 2.45) is 0 Å². The van der Waals surface area contributed by atoms with Crippen LogP contribution in [0.15, 0.2) is 36.9 Å². The maximum absolute atomic E-state index is 14.5. The molecule has 2 saturated heterocycles. The van der Waals surface area contributed by atoms with E-state index in [9.17, 15) is 31.5 Å². The van der Waals surface area contributed by atoms with Crippen LogP contribution in [0.2, 0.25) is 0 Å². The van der Waals surface area contributed by atoms with E-state index < -0.39 is 36.4 Å². The minimum atomic E-state index is -4.28. The van der Waals surface area contributed by atoms with E-state index in [2.05, 4.69) is 35.9 Å². The molecule has 6 rings (SSSR count). The molecular formula is C30H33F5N10O4. The molecule has 2 atom stereocenters. The lowest BCUT2D eigenvalue weighted by Gasteiger charge is -2.17. The van der Waals surface area contributed by atoms with Gasteiger partial charge in [-0.3, -0.25) is 14.9 Å². The van der Waals surface area contributed by atoms with Gasteiger partial charge in [-0.15, -0.1) is 10.2 Å². The third kappa shape index (κ3) is 8.96. The number of halogens is 5. The largest absolute Gasteiger partial charge is 0.461 e. The zero-order valence-electron chi connectivity index (χ0n) is 26.5. The van der Waals surface area contributed by atoms with Crippen molar-refractivity contribution < 1.29 is 41.0 Å². The topological polar surface area (TPSA) is 155 Å². The van der Waals surface area contributed by atoms with E-state index in [0.29, 0.717) is 17.8 Å². The standard InChI is InChI=1S/C16H17F4N5O2.C14H16FN5O2/c1-2-27-15(26)13-8-25(23-22-13)11-5-12(17)14(21-6-11)10-3-4-24(7-10)9-16(18,19)20;1-2-22-14(21)12-8-20(19-18-12)10-5-11(15)13(17-7-10)9-3-4-16-6-9/h5-6,8,10H,2-4,7,9H2,1H3;5,7-9,16H,2-4,6H2,1H3. The predicted octanol–water partition coefficient (Wildman–Crippen LogP) is 3.38. The Bertz CT molecular complexity index is 1760. The Labute approximate surface area is 276 Å². The maximum Gasteiger partial charge on any atom is 0.401 e. The summed E-state index contributed by atoms with van der Waals surface area (Å²) < 4.78 is 78.3. The molecule has 0 saturated carbocycles. The quantitative estimate of drug-likeness (QED) is 0.202. The zero-order chi connectivity index (χ0) is 35.1. The molecule has 2 unspecified atom stereocenters. The summed E-state index contributed by atoms with van der Waals surface area (Å²) in [6, 6.07) is 2.52. The molecule has 0 aliphatic carbocycles. The molecule has 2 fully saturated rings. The van der Waals surface area contributed by atoms with Crippen LogP contribution in [-0.2, 0) is 9.47 Å². The van der Waals surface area contributed by atoms with Gasteiger partial charge >= 0.3 is 18.1 Å². The smallest absolute Gasteiger partial charge is 0.401 e. The Morgan fingerprint density at radius 2 is 1.39 bits per heavy atom. The first-order valence-corrected chi connectivity index (χ1v) is 15.5. The van der Waals surface area contributed by atoms with Crippen molar-refractivity contribution in [2.45, 2.75) is 44.7 Å². The Morgan fingerprint density at radius 3 is 1.84 bits per heavy atom. The Morgan fingerprint density at radius 1 is 0.857 bits per heavy atom. The minimum Gasteiger partial charge on any atom is -0.461 e. The van der Waals surface area contributed by atoms with Gasteiger partial charge in [0.15, 0.2) is 11.4 Å². The number of alkyl halides is 3. The lowest BCUT2D eigenvalue weighted by atomic mass is 10.0. The molecule has 0 spiro atoms. The highest BCUT2D eigenvalue weighted by atomic mass is 19.4. The third-order valence-electron chi connectivity index (χ3n) is 7.70. The van der Waals surface area contributed by atoms with E-state index in [1.807, 2.05) is 0 Å². The van der Waals surface area contributed by atoms with Crippen LogP contribution in [0.3, 0.4) is 0 Å². The summed E-state index contributed by atoms with van der Waals surface area (Å²) in [5.41, 5.74) is 1.28. The monoisotopic (exact) mass is 692 g/mol. The van der Waals surface area contributed by atoms with E-state index in [1.165, 1.54) is 51.2 Å². The lowest BCUT2D eigenvalue weighted by molar-refractivity contribution is -0.143. The van der Waals surface area contributed by atoms with Crippen molar-refractivity contribution in [3.05, 3.63) is 71.3 Å². The van der Waals surface area contributed by atoms with Crippen molar-refractivity contribution in [1.29, 1.82) is 0 Å². The molecule has 4 aromatic rings. The number of nitrogens with one attached hydrogen (secondary N) is 1. The molecule has 2 aliphatic rings. The zero-order valence-corrected chi connectivity index (χ0v) is 26.5. The molecule has 2 aliphatic heterocycles. The van der Waals surface area contributed by atoms with Crippen LogP contribution in [0, 0.1) is 11.6 Å². The number of likely N-dealkylation sites (tertiary alicyclic amines) is 1. The van der Waals surface area contributed by atoms with Crippen molar-refractivity contribution in [3.63, 3.8) is 0 Å². The molecular weight excluding hydrogens is 659 g/mol. The molecule has 0 aromatic carbocycles. The van der Waals surface area contributed by atoms with Crippen LogP contribution < -0.4 is 5.32 Å². The number of pyridine rings is 2. The molecule has 0 bridgehead atoms. The average Bonchev–Trinajstić information content (AvgIpc) is 3.89. The highest BCUT2D eigenvalue weighted by Crippen LogP contribution is 2.30. The van der Waals surface area contributed by atoms with E-state index in [0.717, 1.165) is 19.5 Å². The van der Waals surface area contributed by atoms with Crippen molar-refractivity contribution in [1.82, 2.24) is 50.2 Å². The highest BCUT2D eigenvalue weighted by Gasteiger charge is 2.36. The Kier molecular flexibility index (Phi) is 11.2. The number of hydrogen-bond donors (Lipinski definition) is 1. The van der Waals surface area contributed by atoms with E-state index >= 15 is 0 Å². The van der Waals surface area contributed by atoms with E-state index in [4.69, 9.17) is 9.47 Å². The number of nitrogens with zero attached hydrogens (tertiary/aromatic N) is 9. The summed E-state index contributed by atoms with van der Waals surface area (Å²) >= 11 is 0. The molecule has 4 aromatic heterocycles. The Hall–Kier alpha value is -4.91. The van der Waals surface area contributed by atoms with Crippen molar-refractivity contribution >= 4 is 11.9 Å². The van der Waals surface area contributed by atoms with Gasteiger partial charge in [0.1, 0.15) is 11.6 Å². The normalized spacial score (nSPS) is 17.9. The summed E-state index contributed by atoms with van der Waals surface area (Å²) in [6.07, 6.45) is 2.54. The number of ether oxygens (including phenoxy) is 2. The van der Waals surface area contributed by atoms with Gasteiger partial charge < -0.3 is 14.8 Å². The van der Waals surface area contributed by atoms with Gasteiger partial charge in [-0.05, 0) is 39.8 Å². The molecule has 49 heavy (non-hydrogen) atoms. The summed E-state index contributed by atoms with van der Waals surface area (Å²) in [7, 11) is 0. The van der Waals surface area contributed by atoms with Gasteiger partial charge in [0.05, 0.1) is 67.3 Å². The number of esters is 2. The highest BCUT2D eigenvalue weighted by molar-refractivity contribution is 5.87. The van der Waals surface area contributed by atoms with Gasteiger partial charge in [0.25, 0.3) is 0 Å². The first-order valence-electron chi connectivity index (χ1n) is 15.5. The molecule has 262 valence electrons. The number of rotatable bonds is 9. The first-order chi connectivity index (χ1) is 23.5. The fraction of sp³-hybridized carbons (Fsp3) is 0.467. The fourth-order valence-electron chi connectivity index (χ4n) is 5.45. The summed E-state index contributed by atoms with van der Waals surface area (Å²) in [6.45, 7) is 4.72. The lowest BCUT2D eigenvalue weighted by Crippen LogP contribution is -2.32. The number of carbonyl (C=O) groups is 2. The number of carbonyl (C=O) groups excluding carboxylic acids is 2. The van der Waals surface area contributed by atoms with Gasteiger partial charge in [-0.25, -0.2) is 27.7 Å². The third-order valence-corrected chi connectivity index (χ3v) is 7.70. The second-order valence-corrected chi connectivity index (χ2v) is 11.2. The number of aromatic nitrogens is 8. The summed E-state index contributed by atoms with van der Waals surface area (Å²) in [4.78, 5) is 32.7. The van der Waals surface area contributed by atoms with Gasteiger partial charge in [0, 0.05) is 37.1 Å². The predicted molar refractivity (Wildman–Crippen MR) is 160 cm³/mol. The van der Waals surface area contributed by atoms with E-state index in [1.54, 1.807) is 13.8 Å². The molecule has 0 radical (unpaired) electrons. The van der Waals surface area contributed by atoms with E-state index in [-0.39, 0.29) is 60.8 Å². The molecule has 19 heteroatoms. The van der Waals surface area contributed by atoms with Crippen molar-refractivity contribution in [2.75, 3.05) is 45.9 Å².